The third-order valence-electron chi connectivity index (χ3n) is 5.00. The second-order valence-corrected chi connectivity index (χ2v) is 10.7. The Morgan fingerprint density at radius 1 is 1.14 bits per heavy atom. The second-order valence-electron chi connectivity index (χ2n) is 8.22. The standard InChI is InChI=1S/C20H30N2O5S/c1-20(2,3)28(25,26)22-16-10-8-15(9-11-16)19(24)21-17-7-5-6-14(12-17)13-18(23)27-4/h5-7,12,15-16,22H,8-11,13H2,1-4H3,(H,21,24). The molecule has 1 fully saturated rings. The zero-order valence-electron chi connectivity index (χ0n) is 16.9. The Balaban J connectivity index is 1.89. The van der Waals surface area contributed by atoms with E-state index >= 15 is 0 Å². The molecule has 1 aromatic rings. The van der Waals surface area contributed by atoms with Crippen LogP contribution in [0.1, 0.15) is 52.0 Å². The number of hydrogen-bond donors (Lipinski definition) is 2. The maximum atomic E-state index is 12.6. The van der Waals surface area contributed by atoms with Crippen molar-refractivity contribution < 1.29 is 22.7 Å². The van der Waals surface area contributed by atoms with Gasteiger partial charge in [-0.05, 0) is 64.2 Å². The molecule has 0 aromatic heterocycles. The molecule has 8 heteroatoms. The summed E-state index contributed by atoms with van der Waals surface area (Å²) in [5.74, 6) is -0.563. The second kappa shape index (κ2) is 9.05. The molecule has 2 rings (SSSR count). The molecule has 1 aromatic carbocycles. The van der Waals surface area contributed by atoms with Crippen LogP contribution in [0.25, 0.3) is 0 Å². The van der Waals surface area contributed by atoms with Crippen molar-refractivity contribution in [1.82, 2.24) is 4.72 Å². The molecule has 0 heterocycles. The summed E-state index contributed by atoms with van der Waals surface area (Å²) in [6.07, 6.45) is 2.68. The zero-order chi connectivity index (χ0) is 20.9. The fourth-order valence-corrected chi connectivity index (χ4v) is 4.14. The van der Waals surface area contributed by atoms with E-state index in [9.17, 15) is 18.0 Å². The number of amides is 1. The van der Waals surface area contributed by atoms with Gasteiger partial charge in [0.15, 0.2) is 0 Å². The van der Waals surface area contributed by atoms with E-state index in [-0.39, 0.29) is 30.3 Å². The van der Waals surface area contributed by atoms with Crippen molar-refractivity contribution in [2.24, 2.45) is 5.92 Å². The maximum Gasteiger partial charge on any atom is 0.309 e. The number of benzene rings is 1. The Morgan fingerprint density at radius 2 is 1.79 bits per heavy atom. The summed E-state index contributed by atoms with van der Waals surface area (Å²) in [6.45, 7) is 5.01. The first kappa shape index (κ1) is 22.4. The number of ether oxygens (including phenoxy) is 1. The van der Waals surface area contributed by atoms with Crippen molar-refractivity contribution in [3.05, 3.63) is 29.8 Å². The summed E-state index contributed by atoms with van der Waals surface area (Å²) in [4.78, 5) is 24.0. The molecular weight excluding hydrogens is 380 g/mol. The Morgan fingerprint density at radius 3 is 2.36 bits per heavy atom. The predicted molar refractivity (Wildman–Crippen MR) is 108 cm³/mol. The van der Waals surface area contributed by atoms with Gasteiger partial charge in [0.25, 0.3) is 0 Å². The Kier molecular flexibility index (Phi) is 7.22. The number of hydrogen-bond acceptors (Lipinski definition) is 5. The van der Waals surface area contributed by atoms with Gasteiger partial charge >= 0.3 is 5.97 Å². The van der Waals surface area contributed by atoms with Gasteiger partial charge in [0.1, 0.15) is 0 Å². The van der Waals surface area contributed by atoms with E-state index in [4.69, 9.17) is 0 Å². The fraction of sp³-hybridized carbons (Fsp3) is 0.600. The van der Waals surface area contributed by atoms with Crippen LogP contribution in [0.2, 0.25) is 0 Å². The SMILES string of the molecule is COC(=O)Cc1cccc(NC(=O)C2CCC(NS(=O)(=O)C(C)(C)C)CC2)c1. The van der Waals surface area contributed by atoms with Gasteiger partial charge in [0, 0.05) is 17.6 Å². The minimum Gasteiger partial charge on any atom is -0.469 e. The molecular formula is C20H30N2O5S. The highest BCUT2D eigenvalue weighted by Crippen LogP contribution is 2.27. The summed E-state index contributed by atoms with van der Waals surface area (Å²) in [6, 6.07) is 7.00. The number of esters is 1. The summed E-state index contributed by atoms with van der Waals surface area (Å²) in [5, 5.41) is 2.90. The lowest BCUT2D eigenvalue weighted by atomic mass is 9.86. The van der Waals surface area contributed by atoms with Crippen LogP contribution in [0.15, 0.2) is 24.3 Å². The topological polar surface area (TPSA) is 102 Å². The molecule has 28 heavy (non-hydrogen) atoms. The highest BCUT2D eigenvalue weighted by molar-refractivity contribution is 7.90. The third kappa shape index (κ3) is 6.04. The van der Waals surface area contributed by atoms with Gasteiger partial charge in [0.05, 0.1) is 18.3 Å². The van der Waals surface area contributed by atoms with Crippen molar-refractivity contribution in [3.63, 3.8) is 0 Å². The molecule has 0 aliphatic heterocycles. The van der Waals surface area contributed by atoms with E-state index in [1.54, 1.807) is 45.0 Å². The predicted octanol–water partition coefficient (Wildman–Crippen LogP) is 2.62. The smallest absolute Gasteiger partial charge is 0.309 e. The van der Waals surface area contributed by atoms with Crippen LogP contribution in [-0.2, 0) is 30.8 Å². The van der Waals surface area contributed by atoms with E-state index in [1.807, 2.05) is 0 Å². The molecule has 1 saturated carbocycles. The monoisotopic (exact) mass is 410 g/mol. The number of carbonyl (C=O) groups excluding carboxylic acids is 2. The summed E-state index contributed by atoms with van der Waals surface area (Å²) in [5.41, 5.74) is 1.41. The summed E-state index contributed by atoms with van der Waals surface area (Å²) in [7, 11) is -2.05. The number of nitrogens with one attached hydrogen (secondary N) is 2. The van der Waals surface area contributed by atoms with Gasteiger partial charge < -0.3 is 10.1 Å². The zero-order valence-corrected chi connectivity index (χ0v) is 17.8. The first-order chi connectivity index (χ1) is 13.0. The first-order valence-electron chi connectivity index (χ1n) is 9.50. The Bertz CT molecular complexity index is 806. The van der Waals surface area contributed by atoms with Crippen molar-refractivity contribution in [3.8, 4) is 0 Å². The van der Waals surface area contributed by atoms with Gasteiger partial charge in [-0.2, -0.15) is 0 Å². The highest BCUT2D eigenvalue weighted by atomic mass is 32.2. The van der Waals surface area contributed by atoms with Crippen molar-refractivity contribution >= 4 is 27.6 Å². The average molecular weight is 411 g/mol. The maximum absolute atomic E-state index is 12.6. The molecule has 0 radical (unpaired) electrons. The first-order valence-corrected chi connectivity index (χ1v) is 11.0. The van der Waals surface area contributed by atoms with Crippen LogP contribution in [-0.4, -0.2) is 38.2 Å². The lowest BCUT2D eigenvalue weighted by molar-refractivity contribution is -0.139. The van der Waals surface area contributed by atoms with Crippen molar-refractivity contribution in [2.45, 2.75) is 63.7 Å². The third-order valence-corrected chi connectivity index (χ3v) is 7.25. The Labute approximate surface area is 167 Å². The molecule has 1 aliphatic carbocycles. The van der Waals surface area contributed by atoms with Crippen molar-refractivity contribution in [1.29, 1.82) is 0 Å². The minimum absolute atomic E-state index is 0.0765. The molecule has 0 atom stereocenters. The van der Waals surface area contributed by atoms with Crippen LogP contribution in [0.5, 0.6) is 0 Å². The van der Waals surface area contributed by atoms with E-state index in [0.717, 1.165) is 5.56 Å². The molecule has 1 aliphatic rings. The van der Waals surface area contributed by atoms with Gasteiger partial charge in [0.2, 0.25) is 15.9 Å². The van der Waals surface area contributed by atoms with Gasteiger partial charge in [-0.1, -0.05) is 12.1 Å². The minimum atomic E-state index is -3.39. The van der Waals surface area contributed by atoms with Crippen LogP contribution in [0, 0.1) is 5.92 Å². The molecule has 0 bridgehead atoms. The van der Waals surface area contributed by atoms with Gasteiger partial charge in [-0.25, -0.2) is 13.1 Å². The molecule has 1 amide bonds. The van der Waals surface area contributed by atoms with E-state index in [0.29, 0.717) is 31.4 Å². The van der Waals surface area contributed by atoms with Crippen LogP contribution >= 0.6 is 0 Å². The highest BCUT2D eigenvalue weighted by Gasteiger charge is 2.34. The molecule has 0 spiro atoms. The summed E-state index contributed by atoms with van der Waals surface area (Å²) < 4.78 is 31.1. The van der Waals surface area contributed by atoms with Crippen LogP contribution in [0.3, 0.4) is 0 Å². The molecule has 7 nitrogen and oxygen atoms in total. The van der Waals surface area contributed by atoms with Crippen LogP contribution < -0.4 is 10.0 Å². The van der Waals surface area contributed by atoms with Gasteiger partial charge in [-0.3, -0.25) is 9.59 Å². The van der Waals surface area contributed by atoms with E-state index in [2.05, 4.69) is 14.8 Å². The Hall–Kier alpha value is -1.93. The van der Waals surface area contributed by atoms with Gasteiger partial charge in [-0.15, -0.1) is 0 Å². The van der Waals surface area contributed by atoms with Crippen LogP contribution in [0.4, 0.5) is 5.69 Å². The van der Waals surface area contributed by atoms with E-state index < -0.39 is 14.8 Å². The molecule has 156 valence electrons. The normalized spacial score (nSPS) is 20.4. The van der Waals surface area contributed by atoms with E-state index in [1.165, 1.54) is 7.11 Å². The number of rotatable bonds is 6. The molecule has 0 unspecified atom stereocenters. The lowest BCUT2D eigenvalue weighted by Crippen LogP contribution is -2.46. The number of anilines is 1. The number of sulfonamides is 1. The fourth-order valence-electron chi connectivity index (χ4n) is 3.11. The largest absolute Gasteiger partial charge is 0.469 e. The quantitative estimate of drug-likeness (QED) is 0.702. The molecule has 0 saturated heterocycles. The average Bonchev–Trinajstić information content (AvgIpc) is 2.61. The van der Waals surface area contributed by atoms with Crippen molar-refractivity contribution in [2.75, 3.05) is 12.4 Å². The lowest BCUT2D eigenvalue weighted by Gasteiger charge is -2.30. The summed E-state index contributed by atoms with van der Waals surface area (Å²) >= 11 is 0. The number of carbonyl (C=O) groups is 2. The molecule has 2 N–H and O–H groups in total. The number of methoxy groups -OCH3 is 1.